The van der Waals surface area contributed by atoms with Crippen LogP contribution in [0.25, 0.3) is 122 Å². The van der Waals surface area contributed by atoms with E-state index in [-0.39, 0.29) is 0 Å². The van der Waals surface area contributed by atoms with Crippen molar-refractivity contribution in [3.63, 3.8) is 0 Å². The normalized spacial score (nSPS) is 11.4. The highest BCUT2D eigenvalue weighted by Crippen LogP contribution is 2.37. The van der Waals surface area contributed by atoms with E-state index in [2.05, 4.69) is 237 Å². The van der Waals surface area contributed by atoms with Gasteiger partial charge in [-0.15, -0.1) is 0 Å². The Kier molecular flexibility index (Phi) is 9.16. The predicted octanol–water partition coefficient (Wildman–Crippen LogP) is 16.2. The fourth-order valence-corrected chi connectivity index (χ4v) is 9.21. The van der Waals surface area contributed by atoms with Gasteiger partial charge in [0.05, 0.1) is 0 Å². The van der Waals surface area contributed by atoms with Crippen LogP contribution in [0.5, 0.6) is 0 Å². The number of benzene rings is 11. The van der Waals surface area contributed by atoms with E-state index in [1.807, 2.05) is 0 Å². The van der Waals surface area contributed by atoms with Crippen LogP contribution in [0.2, 0.25) is 0 Å². The monoisotopic (exact) mass is 813 g/mol. The van der Waals surface area contributed by atoms with Crippen molar-refractivity contribution in [3.8, 4) is 78.7 Å². The summed E-state index contributed by atoms with van der Waals surface area (Å²) in [4.78, 5) is 15.6. The summed E-state index contributed by atoms with van der Waals surface area (Å²) >= 11 is 0. The summed E-state index contributed by atoms with van der Waals surface area (Å²) in [6, 6.07) is 84.3. The van der Waals surface area contributed by atoms with Crippen molar-refractivity contribution in [2.24, 2.45) is 0 Å². The Balaban J connectivity index is 0.944. The molecule has 0 aliphatic carbocycles. The van der Waals surface area contributed by atoms with E-state index in [1.54, 1.807) is 0 Å². The zero-order valence-electron chi connectivity index (χ0n) is 34.9. The summed E-state index contributed by atoms with van der Waals surface area (Å²) in [5, 5.41) is 9.74. The number of hydrogen-bond donors (Lipinski definition) is 0. The summed E-state index contributed by atoms with van der Waals surface area (Å²) in [5.74, 6) is 1.88. The molecule has 12 rings (SSSR count). The topological polar surface area (TPSA) is 38.7 Å². The van der Waals surface area contributed by atoms with Gasteiger partial charge in [0.1, 0.15) is 0 Å². The molecule has 3 nitrogen and oxygen atoms in total. The molecule has 0 saturated carbocycles. The van der Waals surface area contributed by atoms with E-state index in [1.165, 1.54) is 60.1 Å². The third-order valence-corrected chi connectivity index (χ3v) is 12.5. The Morgan fingerprint density at radius 3 is 1.38 bits per heavy atom. The van der Waals surface area contributed by atoms with Gasteiger partial charge in [0, 0.05) is 16.7 Å². The minimum Gasteiger partial charge on any atom is -0.208 e. The molecule has 11 aromatic carbocycles. The minimum absolute atomic E-state index is 0.623. The first-order valence-corrected chi connectivity index (χ1v) is 21.7. The van der Waals surface area contributed by atoms with Crippen molar-refractivity contribution in [2.75, 3.05) is 0 Å². The Hall–Kier alpha value is -8.53. The molecular weight excluding hydrogens is 775 g/mol. The van der Waals surface area contributed by atoms with Crippen LogP contribution in [0.3, 0.4) is 0 Å². The first kappa shape index (κ1) is 37.2. The smallest absolute Gasteiger partial charge is 0.164 e. The summed E-state index contributed by atoms with van der Waals surface area (Å²) in [5.41, 5.74) is 12.2. The molecule has 0 bridgehead atoms. The highest BCUT2D eigenvalue weighted by atomic mass is 15.0. The molecule has 0 N–H and O–H groups in total. The average Bonchev–Trinajstić information content (AvgIpc) is 3.38. The standard InChI is InChI=1S/C61H39N3/c1-2-12-40(13-3-1)47-32-33-49-38-52(35-34-48(49)36-47)61-63-59(45-30-28-44(29-31-45)58-39-50-15-5-7-20-55(50)56-21-8-9-22-57(56)58)62-60(64-61)51-18-10-17-46(37-51)41-24-26-43(27-25-41)54-23-11-16-42-14-4-6-19-53(42)54/h1-39H. The molecule has 12 aromatic rings. The van der Waals surface area contributed by atoms with E-state index >= 15 is 0 Å². The van der Waals surface area contributed by atoms with E-state index in [0.717, 1.165) is 44.2 Å². The van der Waals surface area contributed by atoms with Crippen molar-refractivity contribution < 1.29 is 0 Å². The molecule has 0 fully saturated rings. The molecule has 1 heterocycles. The van der Waals surface area contributed by atoms with E-state index in [4.69, 9.17) is 15.0 Å². The minimum atomic E-state index is 0.623. The van der Waals surface area contributed by atoms with Crippen LogP contribution in [-0.2, 0) is 0 Å². The number of rotatable bonds is 7. The summed E-state index contributed by atoms with van der Waals surface area (Å²) in [7, 11) is 0. The predicted molar refractivity (Wildman–Crippen MR) is 268 cm³/mol. The second kappa shape index (κ2) is 15.7. The lowest BCUT2D eigenvalue weighted by Gasteiger charge is -2.13. The van der Waals surface area contributed by atoms with Crippen molar-refractivity contribution in [2.45, 2.75) is 0 Å². The third kappa shape index (κ3) is 6.86. The van der Waals surface area contributed by atoms with Gasteiger partial charge < -0.3 is 0 Å². The van der Waals surface area contributed by atoms with Gasteiger partial charge in [-0.3, -0.25) is 0 Å². The van der Waals surface area contributed by atoms with Gasteiger partial charge in [0.15, 0.2) is 17.5 Å². The van der Waals surface area contributed by atoms with E-state index in [9.17, 15) is 0 Å². The molecule has 0 unspecified atom stereocenters. The molecule has 0 aliphatic heterocycles. The van der Waals surface area contributed by atoms with Crippen LogP contribution < -0.4 is 0 Å². The maximum atomic E-state index is 5.20. The van der Waals surface area contributed by atoms with Crippen molar-refractivity contribution in [1.29, 1.82) is 0 Å². The molecule has 298 valence electrons. The van der Waals surface area contributed by atoms with Crippen LogP contribution in [0.15, 0.2) is 237 Å². The first-order chi connectivity index (χ1) is 31.7. The lowest BCUT2D eigenvalue weighted by Crippen LogP contribution is -2.00. The molecule has 0 spiro atoms. The Bertz CT molecular complexity index is 3700. The molecule has 0 amide bonds. The maximum Gasteiger partial charge on any atom is 0.164 e. The second-order valence-corrected chi connectivity index (χ2v) is 16.4. The third-order valence-electron chi connectivity index (χ3n) is 12.5. The fourth-order valence-electron chi connectivity index (χ4n) is 9.21. The average molecular weight is 814 g/mol. The number of fused-ring (bicyclic) bond motifs is 5. The molecule has 64 heavy (non-hydrogen) atoms. The van der Waals surface area contributed by atoms with Gasteiger partial charge >= 0.3 is 0 Å². The SMILES string of the molecule is c1ccc(-c2ccc3cc(-c4nc(-c5ccc(-c6cc7ccccc7c7ccccc67)cc5)nc(-c5cccc(-c6ccc(-c7cccc8ccccc78)cc6)c5)n4)ccc3c2)cc1. The number of nitrogens with zero attached hydrogens (tertiary/aromatic N) is 3. The molecule has 3 heteroatoms. The highest BCUT2D eigenvalue weighted by Gasteiger charge is 2.16. The van der Waals surface area contributed by atoms with Crippen LogP contribution in [0, 0.1) is 0 Å². The maximum absolute atomic E-state index is 5.20. The molecule has 0 aliphatic rings. The van der Waals surface area contributed by atoms with Gasteiger partial charge in [0.2, 0.25) is 0 Å². The lowest BCUT2D eigenvalue weighted by molar-refractivity contribution is 1.07. The Morgan fingerprint density at radius 2 is 0.625 bits per heavy atom. The highest BCUT2D eigenvalue weighted by molar-refractivity contribution is 6.13. The molecule has 0 atom stereocenters. The van der Waals surface area contributed by atoms with Crippen LogP contribution in [0.1, 0.15) is 0 Å². The van der Waals surface area contributed by atoms with Crippen LogP contribution in [-0.4, -0.2) is 15.0 Å². The fraction of sp³-hybridized carbons (Fsp3) is 0. The summed E-state index contributed by atoms with van der Waals surface area (Å²) in [6.07, 6.45) is 0. The summed E-state index contributed by atoms with van der Waals surface area (Å²) in [6.45, 7) is 0. The largest absolute Gasteiger partial charge is 0.208 e. The van der Waals surface area contributed by atoms with E-state index < -0.39 is 0 Å². The molecule has 0 radical (unpaired) electrons. The summed E-state index contributed by atoms with van der Waals surface area (Å²) < 4.78 is 0. The van der Waals surface area contributed by atoms with Crippen molar-refractivity contribution in [1.82, 2.24) is 15.0 Å². The molecule has 1 aromatic heterocycles. The van der Waals surface area contributed by atoms with Crippen molar-refractivity contribution >= 4 is 43.1 Å². The van der Waals surface area contributed by atoms with Gasteiger partial charge in [-0.1, -0.05) is 212 Å². The van der Waals surface area contributed by atoms with Crippen molar-refractivity contribution in [3.05, 3.63) is 237 Å². The van der Waals surface area contributed by atoms with Gasteiger partial charge in [-0.25, -0.2) is 15.0 Å². The Morgan fingerprint density at radius 1 is 0.188 bits per heavy atom. The Labute approximate surface area is 371 Å². The van der Waals surface area contributed by atoms with Crippen LogP contribution in [0.4, 0.5) is 0 Å². The zero-order valence-corrected chi connectivity index (χ0v) is 34.9. The first-order valence-electron chi connectivity index (χ1n) is 21.7. The zero-order chi connectivity index (χ0) is 42.4. The van der Waals surface area contributed by atoms with Crippen LogP contribution >= 0.6 is 0 Å². The van der Waals surface area contributed by atoms with Gasteiger partial charge in [-0.05, 0) is 112 Å². The van der Waals surface area contributed by atoms with Gasteiger partial charge in [-0.2, -0.15) is 0 Å². The van der Waals surface area contributed by atoms with E-state index in [0.29, 0.717) is 17.5 Å². The quantitative estimate of drug-likeness (QED) is 0.150. The lowest BCUT2D eigenvalue weighted by atomic mass is 9.93. The van der Waals surface area contributed by atoms with Gasteiger partial charge in [0.25, 0.3) is 0 Å². The number of aromatic nitrogens is 3. The number of hydrogen-bond acceptors (Lipinski definition) is 3. The second-order valence-electron chi connectivity index (χ2n) is 16.4. The molecular formula is C61H39N3. The molecule has 0 saturated heterocycles.